The molecule has 0 N–H and O–H groups in total. The molecule has 0 aliphatic rings. The average molecular weight is 724 g/mol. The van der Waals surface area contributed by atoms with Crippen LogP contribution in [0.1, 0.15) is 0 Å². The second-order valence-corrected chi connectivity index (χ2v) is 15.3. The van der Waals surface area contributed by atoms with Crippen molar-refractivity contribution in [2.24, 2.45) is 0 Å². The third-order valence-corrected chi connectivity index (χ3v) is 12.4. The van der Waals surface area contributed by atoms with E-state index in [4.69, 9.17) is 0 Å². The summed E-state index contributed by atoms with van der Waals surface area (Å²) in [5.41, 5.74) is 10.6. The van der Waals surface area contributed by atoms with Crippen LogP contribution < -0.4 is 4.90 Å². The summed E-state index contributed by atoms with van der Waals surface area (Å²) in [6, 6.07) is 73.8. The van der Waals surface area contributed by atoms with Gasteiger partial charge in [-0.3, -0.25) is 0 Å². The monoisotopic (exact) mass is 723 g/mol. The van der Waals surface area contributed by atoms with Crippen molar-refractivity contribution in [2.75, 3.05) is 4.90 Å². The normalized spacial score (nSPS) is 12.2. The number of hydrogen-bond donors (Lipinski definition) is 0. The lowest BCUT2D eigenvalue weighted by Gasteiger charge is -2.27. The van der Waals surface area contributed by atoms with Crippen LogP contribution in [0.25, 0.3) is 97.9 Å². The van der Waals surface area contributed by atoms with E-state index < -0.39 is 0 Å². The molecule has 13 rings (SSSR count). The Morgan fingerprint density at radius 3 is 1.44 bits per heavy atom. The predicted octanol–water partition coefficient (Wildman–Crippen LogP) is 14.9. The summed E-state index contributed by atoms with van der Waals surface area (Å²) < 4.78 is 4.91. The molecule has 3 aromatic heterocycles. The number of para-hydroxylation sites is 5. The number of hydrogen-bond acceptors (Lipinski definition) is 1. The molecule has 0 saturated carbocycles. The first-order valence-corrected chi connectivity index (χ1v) is 19.7. The molecule has 0 aliphatic heterocycles. The average Bonchev–Trinajstić information content (AvgIpc) is 3.92. The van der Waals surface area contributed by atoms with Crippen LogP contribution in [0.5, 0.6) is 0 Å². The number of aromatic nitrogens is 2. The van der Waals surface area contributed by atoms with Gasteiger partial charge in [0, 0.05) is 49.4 Å². The van der Waals surface area contributed by atoms with Gasteiger partial charge in [0.25, 0.3) is 0 Å². The first kappa shape index (κ1) is 30.7. The molecule has 0 radical (unpaired) electrons. The Labute approximate surface area is 327 Å². The van der Waals surface area contributed by atoms with E-state index in [0.717, 1.165) is 22.7 Å². The van der Waals surface area contributed by atoms with Crippen molar-refractivity contribution in [3.05, 3.63) is 200 Å². The van der Waals surface area contributed by atoms with E-state index in [0.29, 0.717) is 0 Å². The van der Waals surface area contributed by atoms with Crippen LogP contribution in [0.2, 0.25) is 0 Å². The summed E-state index contributed by atoms with van der Waals surface area (Å²) in [6.07, 6.45) is 0. The van der Waals surface area contributed by atoms with Gasteiger partial charge in [-0.2, -0.15) is 0 Å². The smallest absolute Gasteiger partial charge is 0.0782 e. The molecule has 3 heteroatoms. The van der Waals surface area contributed by atoms with Crippen LogP contribution in [-0.4, -0.2) is 8.97 Å². The maximum atomic E-state index is 2.52. The van der Waals surface area contributed by atoms with Crippen molar-refractivity contribution >= 4 is 109 Å². The highest BCUT2D eigenvalue weighted by Gasteiger charge is 2.24. The molecule has 0 unspecified atom stereocenters. The van der Waals surface area contributed by atoms with Crippen molar-refractivity contribution in [1.29, 1.82) is 0 Å². The molecule has 0 amide bonds. The zero-order chi connectivity index (χ0) is 37.2. The van der Waals surface area contributed by atoms with Crippen LogP contribution in [0, 0.1) is 0 Å². The Bertz CT molecular complexity index is 3720. The second-order valence-electron chi connectivity index (χ2n) is 15.3. The Balaban J connectivity index is 1.17. The maximum Gasteiger partial charge on any atom is 0.0782 e. The summed E-state index contributed by atoms with van der Waals surface area (Å²) in [6.45, 7) is 0. The number of fused-ring (bicyclic) bond motifs is 15. The quantitative estimate of drug-likeness (QED) is 0.165. The molecule has 0 saturated heterocycles. The topological polar surface area (TPSA) is 12.6 Å². The van der Waals surface area contributed by atoms with Gasteiger partial charge >= 0.3 is 0 Å². The minimum Gasteiger partial charge on any atom is -0.309 e. The van der Waals surface area contributed by atoms with E-state index in [1.54, 1.807) is 0 Å². The van der Waals surface area contributed by atoms with Gasteiger partial charge in [-0.05, 0) is 93.0 Å². The Morgan fingerprint density at radius 1 is 0.281 bits per heavy atom. The second kappa shape index (κ2) is 11.5. The molecule has 3 nitrogen and oxygen atoms in total. The maximum absolute atomic E-state index is 2.52. The Kier molecular flexibility index (Phi) is 6.16. The number of rotatable bonds is 4. The summed E-state index contributed by atoms with van der Waals surface area (Å²) in [7, 11) is 0. The molecule has 0 aliphatic carbocycles. The Morgan fingerprint density at radius 2 is 0.737 bits per heavy atom. The summed E-state index contributed by atoms with van der Waals surface area (Å²) in [5.74, 6) is 0. The van der Waals surface area contributed by atoms with Crippen molar-refractivity contribution < 1.29 is 0 Å². The van der Waals surface area contributed by atoms with Crippen molar-refractivity contribution in [1.82, 2.24) is 8.97 Å². The van der Waals surface area contributed by atoms with E-state index in [2.05, 4.69) is 214 Å². The highest BCUT2D eigenvalue weighted by atomic mass is 15.2. The third-order valence-electron chi connectivity index (χ3n) is 12.4. The molecular weight excluding hydrogens is 691 g/mol. The molecule has 10 aromatic carbocycles. The zero-order valence-electron chi connectivity index (χ0n) is 30.9. The Hall–Kier alpha value is -7.62. The van der Waals surface area contributed by atoms with Crippen LogP contribution in [-0.2, 0) is 0 Å². The third kappa shape index (κ3) is 4.15. The van der Waals surface area contributed by atoms with Gasteiger partial charge in [-0.25, -0.2) is 0 Å². The van der Waals surface area contributed by atoms with Crippen LogP contribution in [0.4, 0.5) is 17.1 Å². The molecule has 264 valence electrons. The zero-order valence-corrected chi connectivity index (χ0v) is 30.9. The fourth-order valence-corrected chi connectivity index (χ4v) is 10.0. The van der Waals surface area contributed by atoms with Crippen molar-refractivity contribution in [3.63, 3.8) is 0 Å². The standard InChI is InChI=1S/C54H33N3/c1-2-14-34(15-3-1)56-49-25-10-9-21-43(49)48-33-36(29-31-51(48)56)55(35-28-30-41-39-18-5-4-16-37(39)38-17-6-7-19-40(38)47(41)32-35)52-27-13-24-46-45-23-12-22-44-42-20-8-11-26-50(42)57(53(44)45)54(46)52/h1-33H. The number of benzene rings is 10. The first-order valence-electron chi connectivity index (χ1n) is 19.7. The minimum absolute atomic E-state index is 1.11. The van der Waals surface area contributed by atoms with Gasteiger partial charge in [0.05, 0.1) is 33.3 Å². The largest absolute Gasteiger partial charge is 0.309 e. The minimum atomic E-state index is 1.11. The van der Waals surface area contributed by atoms with Crippen LogP contribution in [0.3, 0.4) is 0 Å². The van der Waals surface area contributed by atoms with E-state index in [9.17, 15) is 0 Å². The number of nitrogens with zero attached hydrogens (tertiary/aromatic N) is 3. The fraction of sp³-hybridized carbons (Fsp3) is 0. The predicted molar refractivity (Wildman–Crippen MR) is 243 cm³/mol. The van der Waals surface area contributed by atoms with Crippen molar-refractivity contribution in [3.8, 4) is 5.69 Å². The summed E-state index contributed by atoms with van der Waals surface area (Å²) in [4.78, 5) is 2.50. The lowest BCUT2D eigenvalue weighted by atomic mass is 9.94. The number of anilines is 3. The van der Waals surface area contributed by atoms with Crippen LogP contribution in [0.15, 0.2) is 200 Å². The van der Waals surface area contributed by atoms with Gasteiger partial charge in [-0.1, -0.05) is 140 Å². The van der Waals surface area contributed by atoms with E-state index in [1.165, 1.54) is 92.2 Å². The van der Waals surface area contributed by atoms with E-state index >= 15 is 0 Å². The molecule has 57 heavy (non-hydrogen) atoms. The molecule has 0 atom stereocenters. The van der Waals surface area contributed by atoms with E-state index in [1.807, 2.05) is 0 Å². The first-order chi connectivity index (χ1) is 28.3. The van der Waals surface area contributed by atoms with Crippen molar-refractivity contribution in [2.45, 2.75) is 0 Å². The molecule has 3 heterocycles. The molecule has 13 aromatic rings. The van der Waals surface area contributed by atoms with Gasteiger partial charge in [0.2, 0.25) is 0 Å². The lowest BCUT2D eigenvalue weighted by Crippen LogP contribution is -2.11. The molecule has 0 spiro atoms. The summed E-state index contributed by atoms with van der Waals surface area (Å²) in [5, 5.41) is 15.2. The summed E-state index contributed by atoms with van der Waals surface area (Å²) >= 11 is 0. The van der Waals surface area contributed by atoms with Gasteiger partial charge in [0.15, 0.2) is 0 Å². The highest BCUT2D eigenvalue weighted by Crippen LogP contribution is 2.48. The lowest BCUT2D eigenvalue weighted by molar-refractivity contribution is 1.18. The van der Waals surface area contributed by atoms with Gasteiger partial charge < -0.3 is 13.9 Å². The van der Waals surface area contributed by atoms with Gasteiger partial charge in [-0.15, -0.1) is 0 Å². The van der Waals surface area contributed by atoms with Gasteiger partial charge in [0.1, 0.15) is 0 Å². The van der Waals surface area contributed by atoms with E-state index in [-0.39, 0.29) is 0 Å². The SMILES string of the molecule is c1ccc(-n2c3ccccc3c3cc(N(c4ccc5c6ccccc6c6ccccc6c5c4)c4cccc5c6cccc7c8ccccc8n(c45)c76)ccc32)cc1. The molecule has 0 bridgehead atoms. The van der Waals surface area contributed by atoms with Crippen LogP contribution >= 0.6 is 0 Å². The molecule has 0 fully saturated rings. The fourth-order valence-electron chi connectivity index (χ4n) is 10.0. The highest BCUT2D eigenvalue weighted by molar-refractivity contribution is 6.27. The molecular formula is C54H33N3.